The van der Waals surface area contributed by atoms with Crippen molar-refractivity contribution in [1.82, 2.24) is 19.7 Å². The van der Waals surface area contributed by atoms with E-state index in [2.05, 4.69) is 19.7 Å². The second-order valence-electron chi connectivity index (χ2n) is 4.24. The fourth-order valence-electron chi connectivity index (χ4n) is 2.20. The number of methoxy groups -OCH3 is 1. The molecule has 0 saturated carbocycles. The Kier molecular flexibility index (Phi) is 3.56. The van der Waals surface area contributed by atoms with Crippen molar-refractivity contribution in [1.29, 1.82) is 0 Å². The van der Waals surface area contributed by atoms with Crippen molar-refractivity contribution < 1.29 is 9.26 Å². The normalized spacial score (nSPS) is 11.1. The minimum atomic E-state index is 0.337. The van der Waals surface area contributed by atoms with Gasteiger partial charge in [0.25, 0.3) is 0 Å². The smallest absolute Gasteiger partial charge is 0.213 e. The predicted octanol–water partition coefficient (Wildman–Crippen LogP) is 2.41. The summed E-state index contributed by atoms with van der Waals surface area (Å²) in [7, 11) is 1.63. The van der Waals surface area contributed by atoms with E-state index in [9.17, 15) is 0 Å². The molecule has 0 N–H and O–H groups in total. The van der Waals surface area contributed by atoms with Gasteiger partial charge in [-0.15, -0.1) is 11.6 Å². The molecule has 0 atom stereocenters. The Morgan fingerprint density at radius 3 is 3.00 bits per heavy atom. The molecule has 0 saturated heterocycles. The highest BCUT2D eigenvalue weighted by Gasteiger charge is 2.13. The molecule has 0 fully saturated rings. The number of halogens is 1. The molecule has 0 aliphatic rings. The van der Waals surface area contributed by atoms with Gasteiger partial charge >= 0.3 is 0 Å². The second-order valence-corrected chi connectivity index (χ2v) is 4.51. The Balaban J connectivity index is 1.99. The van der Waals surface area contributed by atoms with Gasteiger partial charge in [-0.05, 0) is 12.1 Å². The minimum Gasteiger partial charge on any atom is -0.494 e. The second kappa shape index (κ2) is 5.50. The van der Waals surface area contributed by atoms with Gasteiger partial charge in [-0.25, -0.2) is 4.98 Å². The predicted molar refractivity (Wildman–Crippen MR) is 73.8 cm³/mol. The van der Waals surface area contributed by atoms with Crippen LogP contribution in [0.25, 0.3) is 11.0 Å². The lowest BCUT2D eigenvalue weighted by atomic mass is 10.3. The van der Waals surface area contributed by atoms with E-state index in [0.29, 0.717) is 24.7 Å². The maximum absolute atomic E-state index is 5.99. The van der Waals surface area contributed by atoms with Crippen molar-refractivity contribution in [3.63, 3.8) is 0 Å². The molecule has 0 unspecified atom stereocenters. The molecule has 6 nitrogen and oxygen atoms in total. The molecule has 0 aliphatic heterocycles. The van der Waals surface area contributed by atoms with Crippen molar-refractivity contribution in [3.05, 3.63) is 36.2 Å². The first-order valence-electron chi connectivity index (χ1n) is 6.17. The van der Waals surface area contributed by atoms with E-state index in [1.807, 2.05) is 18.2 Å². The van der Waals surface area contributed by atoms with Crippen LogP contribution in [0.2, 0.25) is 0 Å². The fourth-order valence-corrected chi connectivity index (χ4v) is 2.40. The molecule has 1 aromatic carbocycles. The number of fused-ring (bicyclic) bond motifs is 1. The summed E-state index contributed by atoms with van der Waals surface area (Å²) < 4.78 is 12.1. The van der Waals surface area contributed by atoms with E-state index >= 15 is 0 Å². The van der Waals surface area contributed by atoms with Crippen LogP contribution in [0.5, 0.6) is 5.75 Å². The SMILES string of the molecule is COc1cccc2c1nc(CCl)n2CCc1ncon1. The fraction of sp³-hybridized carbons (Fsp3) is 0.308. The third kappa shape index (κ3) is 2.22. The number of alkyl halides is 1. The van der Waals surface area contributed by atoms with Gasteiger partial charge < -0.3 is 13.8 Å². The maximum atomic E-state index is 5.99. The standard InChI is InChI=1S/C13H13ClN4O2/c1-19-10-4-2-3-9-13(10)16-12(7-14)18(9)6-5-11-15-8-20-17-11/h2-4,8H,5-7H2,1H3. The zero-order chi connectivity index (χ0) is 13.9. The van der Waals surface area contributed by atoms with Crippen LogP contribution in [-0.2, 0) is 18.8 Å². The molecule has 0 spiro atoms. The molecule has 0 bridgehead atoms. The Labute approximate surface area is 120 Å². The Morgan fingerprint density at radius 1 is 1.40 bits per heavy atom. The number of rotatable bonds is 5. The highest BCUT2D eigenvalue weighted by molar-refractivity contribution is 6.16. The maximum Gasteiger partial charge on any atom is 0.213 e. The Morgan fingerprint density at radius 2 is 2.30 bits per heavy atom. The highest BCUT2D eigenvalue weighted by atomic mass is 35.5. The van der Waals surface area contributed by atoms with Gasteiger partial charge in [0.05, 0.1) is 18.5 Å². The van der Waals surface area contributed by atoms with Crippen LogP contribution in [0.15, 0.2) is 29.1 Å². The van der Waals surface area contributed by atoms with Crippen LogP contribution in [0.1, 0.15) is 11.6 Å². The van der Waals surface area contributed by atoms with Gasteiger partial charge in [0.15, 0.2) is 5.82 Å². The first kappa shape index (κ1) is 12.9. The van der Waals surface area contributed by atoms with Crippen LogP contribution < -0.4 is 4.74 Å². The summed E-state index contributed by atoms with van der Waals surface area (Å²) in [5.74, 6) is 2.54. The van der Waals surface area contributed by atoms with Crippen LogP contribution in [0.4, 0.5) is 0 Å². The highest BCUT2D eigenvalue weighted by Crippen LogP contribution is 2.26. The summed E-state index contributed by atoms with van der Waals surface area (Å²) in [5, 5.41) is 3.81. The molecule has 0 radical (unpaired) electrons. The van der Waals surface area contributed by atoms with Gasteiger partial charge in [0, 0.05) is 13.0 Å². The summed E-state index contributed by atoms with van der Waals surface area (Å²) in [6.07, 6.45) is 1.98. The molecule has 7 heteroatoms. The van der Waals surface area contributed by atoms with Crippen molar-refractivity contribution in [2.24, 2.45) is 0 Å². The average Bonchev–Trinajstić information content (AvgIpc) is 3.11. The number of benzene rings is 1. The summed E-state index contributed by atoms with van der Waals surface area (Å²) in [6, 6.07) is 5.82. The molecular weight excluding hydrogens is 280 g/mol. The molecule has 0 aliphatic carbocycles. The van der Waals surface area contributed by atoms with E-state index in [0.717, 1.165) is 22.6 Å². The van der Waals surface area contributed by atoms with E-state index in [-0.39, 0.29) is 0 Å². The third-order valence-electron chi connectivity index (χ3n) is 3.13. The molecule has 3 rings (SSSR count). The third-order valence-corrected chi connectivity index (χ3v) is 3.37. The number of ether oxygens (including phenoxy) is 1. The molecule has 2 heterocycles. The summed E-state index contributed by atoms with van der Waals surface area (Å²) in [6.45, 7) is 0.686. The van der Waals surface area contributed by atoms with Gasteiger partial charge in [-0.2, -0.15) is 4.98 Å². The molecular formula is C13H13ClN4O2. The van der Waals surface area contributed by atoms with Crippen molar-refractivity contribution in [3.8, 4) is 5.75 Å². The van der Waals surface area contributed by atoms with Gasteiger partial charge in [-0.3, -0.25) is 0 Å². The summed E-state index contributed by atoms with van der Waals surface area (Å²) in [4.78, 5) is 8.56. The molecule has 2 aromatic heterocycles. The first-order valence-corrected chi connectivity index (χ1v) is 6.70. The zero-order valence-corrected chi connectivity index (χ0v) is 11.7. The average molecular weight is 293 g/mol. The summed E-state index contributed by atoms with van der Waals surface area (Å²) in [5.41, 5.74) is 1.81. The number of para-hydroxylation sites is 1. The monoisotopic (exact) mass is 292 g/mol. The number of hydrogen-bond acceptors (Lipinski definition) is 5. The van der Waals surface area contributed by atoms with Crippen LogP contribution in [0.3, 0.4) is 0 Å². The number of imidazole rings is 1. The lowest BCUT2D eigenvalue weighted by Crippen LogP contribution is -2.06. The van der Waals surface area contributed by atoms with Gasteiger partial charge in [0.2, 0.25) is 6.39 Å². The van der Waals surface area contributed by atoms with Crippen LogP contribution >= 0.6 is 11.6 Å². The Hall–Kier alpha value is -2.08. The molecule has 3 aromatic rings. The number of nitrogens with zero attached hydrogens (tertiary/aromatic N) is 4. The van der Waals surface area contributed by atoms with E-state index in [4.69, 9.17) is 20.9 Å². The Bertz CT molecular complexity index is 709. The quantitative estimate of drug-likeness (QED) is 0.676. The van der Waals surface area contributed by atoms with E-state index < -0.39 is 0 Å². The number of aryl methyl sites for hydroxylation is 2. The zero-order valence-electron chi connectivity index (χ0n) is 10.9. The van der Waals surface area contributed by atoms with Crippen LogP contribution in [-0.4, -0.2) is 26.8 Å². The van der Waals surface area contributed by atoms with Crippen LogP contribution in [0, 0.1) is 0 Å². The van der Waals surface area contributed by atoms with Gasteiger partial charge in [0.1, 0.15) is 17.1 Å². The minimum absolute atomic E-state index is 0.337. The largest absolute Gasteiger partial charge is 0.494 e. The number of hydrogen-bond donors (Lipinski definition) is 0. The van der Waals surface area contributed by atoms with Gasteiger partial charge in [-0.1, -0.05) is 11.2 Å². The number of aromatic nitrogens is 4. The summed E-state index contributed by atoms with van der Waals surface area (Å²) >= 11 is 5.99. The van der Waals surface area contributed by atoms with Crippen molar-refractivity contribution in [2.45, 2.75) is 18.8 Å². The van der Waals surface area contributed by atoms with Crippen molar-refractivity contribution >= 4 is 22.6 Å². The van der Waals surface area contributed by atoms with E-state index in [1.54, 1.807) is 7.11 Å². The van der Waals surface area contributed by atoms with Crippen molar-refractivity contribution in [2.75, 3.05) is 7.11 Å². The lowest BCUT2D eigenvalue weighted by Gasteiger charge is -2.06. The lowest BCUT2D eigenvalue weighted by molar-refractivity contribution is 0.408. The molecule has 0 amide bonds. The molecule has 20 heavy (non-hydrogen) atoms. The first-order chi connectivity index (χ1) is 9.83. The topological polar surface area (TPSA) is 66.0 Å². The molecule has 104 valence electrons. The van der Waals surface area contributed by atoms with E-state index in [1.165, 1.54) is 6.39 Å².